The molecule has 0 aliphatic carbocycles. The predicted molar refractivity (Wildman–Crippen MR) is 134 cm³/mol. The average Bonchev–Trinajstić information content (AvgIpc) is 3.02. The highest BCUT2D eigenvalue weighted by atomic mass is 35.5. The van der Waals surface area contributed by atoms with Crippen molar-refractivity contribution in [1.82, 2.24) is 0 Å². The van der Waals surface area contributed by atoms with E-state index in [1.807, 2.05) is 67.6 Å². The first-order valence-corrected chi connectivity index (χ1v) is 11.4. The Labute approximate surface area is 200 Å². The lowest BCUT2D eigenvalue weighted by atomic mass is 10.1. The topological polar surface area (TPSA) is 29.5 Å². The summed E-state index contributed by atoms with van der Waals surface area (Å²) in [5, 5.41) is 1.16. The molecule has 156 valence electrons. The Balaban J connectivity index is 1.46. The van der Waals surface area contributed by atoms with Crippen LogP contribution in [0.15, 0.2) is 71.6 Å². The minimum atomic E-state index is -0.109. The van der Waals surface area contributed by atoms with Crippen molar-refractivity contribution in [2.75, 3.05) is 4.90 Å². The van der Waals surface area contributed by atoms with E-state index in [4.69, 9.17) is 40.2 Å². The molecule has 7 heteroatoms. The van der Waals surface area contributed by atoms with Crippen LogP contribution in [-0.2, 0) is 11.4 Å². The van der Waals surface area contributed by atoms with E-state index in [9.17, 15) is 4.79 Å². The number of hydrogen-bond acceptors (Lipinski definition) is 4. The second kappa shape index (κ2) is 9.45. The largest absolute Gasteiger partial charge is 0.489 e. The summed E-state index contributed by atoms with van der Waals surface area (Å²) in [7, 11) is 0. The zero-order valence-electron chi connectivity index (χ0n) is 16.5. The number of carbonyl (C=O) groups is 1. The van der Waals surface area contributed by atoms with Gasteiger partial charge in [-0.05, 0) is 54.5 Å². The van der Waals surface area contributed by atoms with Crippen molar-refractivity contribution in [3.63, 3.8) is 0 Å². The fourth-order valence-electron chi connectivity index (χ4n) is 3.10. The van der Waals surface area contributed by atoms with Crippen LogP contribution < -0.4 is 9.64 Å². The molecular weight excluding hydrogens is 469 g/mol. The molecule has 0 aromatic heterocycles. The fourth-order valence-corrected chi connectivity index (χ4v) is 4.85. The van der Waals surface area contributed by atoms with E-state index in [0.29, 0.717) is 31.6 Å². The third-order valence-corrected chi connectivity index (χ3v) is 6.63. The minimum absolute atomic E-state index is 0.109. The summed E-state index contributed by atoms with van der Waals surface area (Å²) < 4.78 is 6.35. The molecule has 1 aliphatic heterocycles. The van der Waals surface area contributed by atoms with Crippen molar-refractivity contribution in [3.05, 3.63) is 98.4 Å². The molecule has 3 aromatic carbocycles. The summed E-state index contributed by atoms with van der Waals surface area (Å²) in [6.45, 7) is 2.30. The van der Waals surface area contributed by atoms with Crippen molar-refractivity contribution in [2.45, 2.75) is 13.5 Å². The molecule has 4 rings (SSSR count). The van der Waals surface area contributed by atoms with Gasteiger partial charge in [-0.15, -0.1) is 0 Å². The van der Waals surface area contributed by atoms with Crippen LogP contribution in [-0.4, -0.2) is 10.2 Å². The number of amides is 1. The highest BCUT2D eigenvalue weighted by molar-refractivity contribution is 8.27. The van der Waals surface area contributed by atoms with Crippen molar-refractivity contribution in [2.24, 2.45) is 0 Å². The van der Waals surface area contributed by atoms with E-state index in [2.05, 4.69) is 0 Å². The van der Waals surface area contributed by atoms with Crippen molar-refractivity contribution in [1.29, 1.82) is 0 Å². The number of aryl methyl sites for hydroxylation is 1. The SMILES string of the molecule is Cc1ccccc1N1C(=O)C(=Cc2ccc(OCc3ccc(Cl)cc3Cl)cc2)SC1=S. The molecule has 1 heterocycles. The first-order valence-electron chi connectivity index (χ1n) is 9.43. The van der Waals surface area contributed by atoms with Gasteiger partial charge in [0.2, 0.25) is 0 Å². The van der Waals surface area contributed by atoms with Crippen LogP contribution in [0.2, 0.25) is 10.0 Å². The molecule has 3 nitrogen and oxygen atoms in total. The maximum Gasteiger partial charge on any atom is 0.270 e. The summed E-state index contributed by atoms with van der Waals surface area (Å²) in [5.41, 5.74) is 3.57. The lowest BCUT2D eigenvalue weighted by Gasteiger charge is -2.16. The van der Waals surface area contributed by atoms with Crippen molar-refractivity contribution >= 4 is 69.2 Å². The summed E-state index contributed by atoms with van der Waals surface area (Å²) in [6, 6.07) is 20.6. The number of carbonyl (C=O) groups excluding carboxylic acids is 1. The van der Waals surface area contributed by atoms with Gasteiger partial charge in [0.15, 0.2) is 4.32 Å². The number of nitrogens with zero attached hydrogens (tertiary/aromatic N) is 1. The molecule has 31 heavy (non-hydrogen) atoms. The molecule has 0 spiro atoms. The first-order chi connectivity index (χ1) is 14.9. The second-order valence-corrected chi connectivity index (χ2v) is 9.42. The summed E-state index contributed by atoms with van der Waals surface area (Å²) in [4.78, 5) is 15.1. The molecule has 0 radical (unpaired) electrons. The van der Waals surface area contributed by atoms with E-state index >= 15 is 0 Å². The Morgan fingerprint density at radius 1 is 1.06 bits per heavy atom. The van der Waals surface area contributed by atoms with Gasteiger partial charge < -0.3 is 4.74 Å². The van der Waals surface area contributed by atoms with Crippen LogP contribution in [0.25, 0.3) is 6.08 Å². The van der Waals surface area contributed by atoms with E-state index < -0.39 is 0 Å². The van der Waals surface area contributed by atoms with Gasteiger partial charge in [0, 0.05) is 15.6 Å². The fraction of sp³-hybridized carbons (Fsp3) is 0.0833. The maximum atomic E-state index is 13.0. The smallest absolute Gasteiger partial charge is 0.270 e. The molecule has 1 fully saturated rings. The number of ether oxygens (including phenoxy) is 1. The van der Waals surface area contributed by atoms with Crippen LogP contribution >= 0.6 is 47.2 Å². The molecule has 0 saturated carbocycles. The Bertz CT molecular complexity index is 1190. The molecule has 1 amide bonds. The summed E-state index contributed by atoms with van der Waals surface area (Å²) in [6.07, 6.45) is 1.84. The van der Waals surface area contributed by atoms with Crippen molar-refractivity contribution in [3.8, 4) is 5.75 Å². The predicted octanol–water partition coefficient (Wildman–Crippen LogP) is 7.29. The van der Waals surface area contributed by atoms with Gasteiger partial charge in [-0.1, -0.05) is 83.6 Å². The van der Waals surface area contributed by atoms with E-state index in [0.717, 1.165) is 22.4 Å². The molecule has 0 unspecified atom stereocenters. The highest BCUT2D eigenvalue weighted by Crippen LogP contribution is 2.37. The molecule has 0 atom stereocenters. The van der Waals surface area contributed by atoms with Gasteiger partial charge in [-0.25, -0.2) is 0 Å². The molecule has 0 N–H and O–H groups in total. The van der Waals surface area contributed by atoms with Gasteiger partial charge in [0.1, 0.15) is 12.4 Å². The van der Waals surface area contributed by atoms with Crippen LogP contribution in [0.1, 0.15) is 16.7 Å². The van der Waals surface area contributed by atoms with Crippen LogP contribution in [0.5, 0.6) is 5.75 Å². The van der Waals surface area contributed by atoms with E-state index in [-0.39, 0.29) is 5.91 Å². The minimum Gasteiger partial charge on any atom is -0.489 e. The third kappa shape index (κ3) is 4.96. The van der Waals surface area contributed by atoms with Crippen LogP contribution in [0.4, 0.5) is 5.69 Å². The Morgan fingerprint density at radius 2 is 1.81 bits per heavy atom. The molecule has 0 bridgehead atoms. The Kier molecular flexibility index (Phi) is 6.68. The summed E-state index contributed by atoms with van der Waals surface area (Å²) >= 11 is 18.9. The highest BCUT2D eigenvalue weighted by Gasteiger charge is 2.33. The van der Waals surface area contributed by atoms with Gasteiger partial charge in [0.05, 0.1) is 10.6 Å². The number of thiocarbonyl (C=S) groups is 1. The average molecular weight is 486 g/mol. The molecule has 1 aliphatic rings. The number of rotatable bonds is 5. The number of hydrogen-bond donors (Lipinski definition) is 0. The van der Waals surface area contributed by atoms with Gasteiger partial charge in [-0.2, -0.15) is 0 Å². The lowest BCUT2D eigenvalue weighted by Crippen LogP contribution is -2.28. The van der Waals surface area contributed by atoms with Crippen molar-refractivity contribution < 1.29 is 9.53 Å². The number of benzene rings is 3. The normalized spacial score (nSPS) is 15.1. The third-order valence-electron chi connectivity index (χ3n) is 4.74. The van der Waals surface area contributed by atoms with Crippen LogP contribution in [0, 0.1) is 6.92 Å². The Morgan fingerprint density at radius 3 is 2.52 bits per heavy atom. The number of para-hydroxylation sites is 1. The standard InChI is InChI=1S/C24H17Cl2NO2S2/c1-15-4-2-3-5-21(15)27-23(28)22(31-24(27)30)12-16-6-10-19(11-7-16)29-14-17-8-9-18(25)13-20(17)26/h2-13H,14H2,1H3. The zero-order valence-corrected chi connectivity index (χ0v) is 19.6. The number of thioether (sulfide) groups is 1. The molecule has 1 saturated heterocycles. The first kappa shape index (κ1) is 21.9. The number of anilines is 1. The van der Waals surface area contributed by atoms with Gasteiger partial charge in [-0.3, -0.25) is 9.69 Å². The van der Waals surface area contributed by atoms with Crippen LogP contribution in [0.3, 0.4) is 0 Å². The molecular formula is C24H17Cl2NO2S2. The van der Waals surface area contributed by atoms with Gasteiger partial charge in [0.25, 0.3) is 5.91 Å². The van der Waals surface area contributed by atoms with E-state index in [1.165, 1.54) is 11.8 Å². The second-order valence-electron chi connectivity index (χ2n) is 6.90. The van der Waals surface area contributed by atoms with E-state index in [1.54, 1.807) is 17.0 Å². The quantitative estimate of drug-likeness (QED) is 0.280. The Hall–Kier alpha value is -2.31. The monoisotopic (exact) mass is 485 g/mol. The lowest BCUT2D eigenvalue weighted by molar-refractivity contribution is -0.113. The number of halogens is 2. The van der Waals surface area contributed by atoms with Gasteiger partial charge >= 0.3 is 0 Å². The zero-order chi connectivity index (χ0) is 22.0. The maximum absolute atomic E-state index is 13.0. The molecule has 3 aromatic rings. The summed E-state index contributed by atoms with van der Waals surface area (Å²) in [5.74, 6) is 0.595.